The van der Waals surface area contributed by atoms with Crippen LogP contribution in [0.15, 0.2) is 96.8 Å². The number of esters is 2. The Balaban J connectivity index is 1.55. The molecule has 0 saturated heterocycles. The average molecular weight is 643 g/mol. The molecule has 9 nitrogen and oxygen atoms in total. The molecule has 0 amide bonds. The van der Waals surface area contributed by atoms with Gasteiger partial charge in [0, 0.05) is 30.7 Å². The Labute approximate surface area is 268 Å². The van der Waals surface area contributed by atoms with E-state index in [1.165, 1.54) is 81.0 Å². The van der Waals surface area contributed by atoms with E-state index in [0.717, 1.165) is 19.1 Å². The van der Waals surface area contributed by atoms with Crippen molar-refractivity contribution < 1.29 is 52.3 Å². The summed E-state index contributed by atoms with van der Waals surface area (Å²) in [6, 6.07) is 15.9. The number of carbonyl (C=O) groups excluding carboxylic acids is 3. The molecular weight excluding hydrogens is 614 g/mol. The highest BCUT2D eigenvalue weighted by atomic mass is 19.1. The fourth-order valence-electron chi connectivity index (χ4n) is 4.25. The second-order valence-corrected chi connectivity index (χ2v) is 9.83. The van der Waals surface area contributed by atoms with Crippen molar-refractivity contribution in [1.82, 2.24) is 0 Å². The van der Waals surface area contributed by atoms with Gasteiger partial charge in [-0.3, -0.25) is 9.59 Å². The Bertz CT molecular complexity index is 1930. The molecule has 240 valence electrons. The number of hydrogen-bond donors (Lipinski definition) is 2. The van der Waals surface area contributed by atoms with Crippen molar-refractivity contribution >= 4 is 29.9 Å². The molecule has 0 bridgehead atoms. The smallest absolute Gasteiger partial charge is 0.347 e. The summed E-state index contributed by atoms with van der Waals surface area (Å²) in [7, 11) is 2.79. The SMILES string of the molecule is COc1cc(/C=C/C(=O)/C=C(O)/C=C/c2ccc(O)c(OC)c2)cc(OC(=O)c2cc(-c3ccc(F)cc3F)ccc2OC(C)=O)c1. The molecule has 0 unspecified atom stereocenters. The van der Waals surface area contributed by atoms with Crippen LogP contribution in [0.3, 0.4) is 0 Å². The third kappa shape index (κ3) is 9.14. The van der Waals surface area contributed by atoms with Crippen LogP contribution in [0.5, 0.6) is 28.7 Å². The number of aromatic hydroxyl groups is 1. The Kier molecular flexibility index (Phi) is 10.9. The lowest BCUT2D eigenvalue weighted by atomic mass is 10.0. The minimum Gasteiger partial charge on any atom is -0.508 e. The molecular formula is C36H28F2O9. The second-order valence-electron chi connectivity index (χ2n) is 9.83. The first-order chi connectivity index (χ1) is 22.4. The summed E-state index contributed by atoms with van der Waals surface area (Å²) in [5.74, 6) is -3.88. The van der Waals surface area contributed by atoms with Crippen LogP contribution in [-0.4, -0.2) is 42.2 Å². The van der Waals surface area contributed by atoms with Crippen molar-refractivity contribution in [2.24, 2.45) is 0 Å². The molecule has 0 spiro atoms. The number of halogens is 2. The van der Waals surface area contributed by atoms with Gasteiger partial charge in [0.05, 0.1) is 14.2 Å². The van der Waals surface area contributed by atoms with Gasteiger partial charge in [-0.15, -0.1) is 0 Å². The summed E-state index contributed by atoms with van der Waals surface area (Å²) in [6.07, 6.45) is 6.38. The molecule has 0 aliphatic rings. The monoisotopic (exact) mass is 642 g/mol. The van der Waals surface area contributed by atoms with Gasteiger partial charge >= 0.3 is 11.9 Å². The number of rotatable bonds is 11. The maximum atomic E-state index is 14.5. The molecule has 0 fully saturated rings. The maximum Gasteiger partial charge on any atom is 0.347 e. The summed E-state index contributed by atoms with van der Waals surface area (Å²) >= 11 is 0. The van der Waals surface area contributed by atoms with E-state index < -0.39 is 29.4 Å². The molecule has 0 saturated carbocycles. The van der Waals surface area contributed by atoms with E-state index >= 15 is 0 Å². The van der Waals surface area contributed by atoms with Gasteiger partial charge in [-0.2, -0.15) is 0 Å². The number of carbonyl (C=O) groups is 3. The third-order valence-corrected chi connectivity index (χ3v) is 6.42. The van der Waals surface area contributed by atoms with Crippen molar-refractivity contribution in [3.63, 3.8) is 0 Å². The van der Waals surface area contributed by atoms with E-state index in [2.05, 4.69) is 0 Å². The molecule has 4 aromatic carbocycles. The first-order valence-electron chi connectivity index (χ1n) is 13.8. The minimum absolute atomic E-state index is 0.000705. The van der Waals surface area contributed by atoms with E-state index in [0.29, 0.717) is 17.2 Å². The molecule has 4 rings (SSSR count). The van der Waals surface area contributed by atoms with Crippen LogP contribution in [0.25, 0.3) is 23.3 Å². The van der Waals surface area contributed by atoms with Crippen LogP contribution in [0.2, 0.25) is 0 Å². The van der Waals surface area contributed by atoms with E-state index in [-0.39, 0.29) is 51.2 Å². The zero-order chi connectivity index (χ0) is 34.1. The third-order valence-electron chi connectivity index (χ3n) is 6.42. The summed E-state index contributed by atoms with van der Waals surface area (Å²) < 4.78 is 49.0. The first kappa shape index (κ1) is 33.7. The highest BCUT2D eigenvalue weighted by molar-refractivity contribution is 6.02. The fourth-order valence-corrected chi connectivity index (χ4v) is 4.25. The number of phenols is 1. The predicted molar refractivity (Wildman–Crippen MR) is 170 cm³/mol. The average Bonchev–Trinajstić information content (AvgIpc) is 3.03. The molecule has 4 aromatic rings. The van der Waals surface area contributed by atoms with Crippen LogP contribution in [0.1, 0.15) is 28.4 Å². The molecule has 11 heteroatoms. The highest BCUT2D eigenvalue weighted by Gasteiger charge is 2.20. The Hall–Kier alpha value is -6.23. The lowest BCUT2D eigenvalue weighted by molar-refractivity contribution is -0.131. The number of methoxy groups -OCH3 is 2. The van der Waals surface area contributed by atoms with Crippen molar-refractivity contribution in [1.29, 1.82) is 0 Å². The van der Waals surface area contributed by atoms with E-state index in [9.17, 15) is 33.4 Å². The normalized spacial score (nSPS) is 11.5. The lowest BCUT2D eigenvalue weighted by Crippen LogP contribution is -2.13. The van der Waals surface area contributed by atoms with Crippen molar-refractivity contribution in [2.75, 3.05) is 14.2 Å². The maximum absolute atomic E-state index is 14.5. The van der Waals surface area contributed by atoms with E-state index in [1.54, 1.807) is 18.2 Å². The van der Waals surface area contributed by atoms with Crippen LogP contribution in [0.4, 0.5) is 8.78 Å². The van der Waals surface area contributed by atoms with Gasteiger partial charge in [0.1, 0.15) is 40.2 Å². The number of phenolic OH excluding ortho intramolecular Hbond substituents is 1. The molecule has 0 aliphatic carbocycles. The Morgan fingerprint density at radius 1 is 0.745 bits per heavy atom. The number of ketones is 1. The van der Waals surface area contributed by atoms with Gasteiger partial charge in [-0.05, 0) is 77.4 Å². The lowest BCUT2D eigenvalue weighted by Gasteiger charge is -2.13. The number of hydrogen-bond acceptors (Lipinski definition) is 9. The molecule has 47 heavy (non-hydrogen) atoms. The van der Waals surface area contributed by atoms with Gasteiger partial charge in [0.2, 0.25) is 0 Å². The van der Waals surface area contributed by atoms with Gasteiger partial charge < -0.3 is 29.2 Å². The second kappa shape index (κ2) is 15.2. The number of allylic oxidation sites excluding steroid dienone is 3. The largest absolute Gasteiger partial charge is 0.508 e. The van der Waals surface area contributed by atoms with Crippen molar-refractivity contribution in [3.8, 4) is 39.9 Å². The van der Waals surface area contributed by atoms with Crippen molar-refractivity contribution in [2.45, 2.75) is 6.92 Å². The van der Waals surface area contributed by atoms with Crippen LogP contribution in [-0.2, 0) is 9.59 Å². The highest BCUT2D eigenvalue weighted by Crippen LogP contribution is 2.31. The zero-order valence-corrected chi connectivity index (χ0v) is 25.3. The topological polar surface area (TPSA) is 129 Å². The number of ether oxygens (including phenoxy) is 4. The summed E-state index contributed by atoms with van der Waals surface area (Å²) in [4.78, 5) is 37.5. The molecule has 0 aliphatic heterocycles. The minimum atomic E-state index is -0.962. The predicted octanol–water partition coefficient (Wildman–Crippen LogP) is 7.24. The van der Waals surface area contributed by atoms with Gasteiger partial charge in [0.25, 0.3) is 0 Å². The van der Waals surface area contributed by atoms with E-state index in [1.807, 2.05) is 0 Å². The summed E-state index contributed by atoms with van der Waals surface area (Å²) in [5.41, 5.74) is 0.991. The van der Waals surface area contributed by atoms with Gasteiger partial charge in [0.15, 0.2) is 17.3 Å². The van der Waals surface area contributed by atoms with Gasteiger partial charge in [-0.25, -0.2) is 13.6 Å². The van der Waals surface area contributed by atoms with Crippen LogP contribution >= 0.6 is 0 Å². The number of benzene rings is 4. The quantitative estimate of drug-likeness (QED) is 0.0572. The molecule has 0 atom stereocenters. The first-order valence-corrected chi connectivity index (χ1v) is 13.8. The molecule has 2 N–H and O–H groups in total. The Morgan fingerprint density at radius 3 is 2.19 bits per heavy atom. The Morgan fingerprint density at radius 2 is 1.49 bits per heavy atom. The fraction of sp³-hybridized carbons (Fsp3) is 0.0833. The van der Waals surface area contributed by atoms with E-state index in [4.69, 9.17) is 18.9 Å². The molecule has 0 aromatic heterocycles. The standard InChI is InChI=1S/C36H28F2O9/c1-21(39)46-34-13-7-24(30-11-8-25(37)18-32(30)38)17-31(34)36(43)47-29-15-23(14-28(20-29)44-2)5-10-27(41)19-26(40)9-4-22-6-12-33(42)35(16-22)45-3/h4-20,40,42H,1-3H3/b9-4+,10-5+,26-19-. The van der Waals surface area contributed by atoms with Crippen LogP contribution < -0.4 is 18.9 Å². The molecule has 0 radical (unpaired) electrons. The van der Waals surface area contributed by atoms with Crippen LogP contribution in [0, 0.1) is 11.6 Å². The molecule has 0 heterocycles. The zero-order valence-electron chi connectivity index (χ0n) is 25.3. The number of aliphatic hydroxyl groups is 1. The summed E-state index contributed by atoms with van der Waals surface area (Å²) in [6.45, 7) is 1.14. The summed E-state index contributed by atoms with van der Waals surface area (Å²) in [5, 5.41) is 19.9. The van der Waals surface area contributed by atoms with Crippen molar-refractivity contribution in [3.05, 3.63) is 125 Å². The van der Waals surface area contributed by atoms with Gasteiger partial charge in [-0.1, -0.05) is 24.3 Å². The number of aliphatic hydroxyl groups excluding tert-OH is 1.